The average Bonchev–Trinajstić information content (AvgIpc) is 3.24. The van der Waals surface area contributed by atoms with Crippen LogP contribution in [0.3, 0.4) is 0 Å². The molecule has 1 N–H and O–H groups in total. The van der Waals surface area contributed by atoms with E-state index in [4.69, 9.17) is 9.97 Å². The minimum Gasteiger partial charge on any atom is -0.309 e. The predicted molar refractivity (Wildman–Crippen MR) is 136 cm³/mol. The summed E-state index contributed by atoms with van der Waals surface area (Å²) in [5.41, 5.74) is 2.33. The fourth-order valence-electron chi connectivity index (χ4n) is 3.87. The standard InChI is InChI=1S/C25H22N4O2S2/c1-14(2)29-24(31)17-11-7-8-12-19(17)26-25(29)33-15(3)21-27-22(30)20-18(13-32-23(20)28-21)16-9-5-4-6-10-16/h4-15H,1-3H3,(H,27,28,30). The van der Waals surface area contributed by atoms with Crippen molar-refractivity contribution in [1.29, 1.82) is 0 Å². The summed E-state index contributed by atoms with van der Waals surface area (Å²) in [7, 11) is 0. The number of H-pyrrole nitrogens is 1. The molecule has 0 amide bonds. The first-order chi connectivity index (χ1) is 15.9. The van der Waals surface area contributed by atoms with Crippen molar-refractivity contribution in [3.63, 3.8) is 0 Å². The van der Waals surface area contributed by atoms with E-state index in [9.17, 15) is 9.59 Å². The Balaban J connectivity index is 1.56. The van der Waals surface area contributed by atoms with Gasteiger partial charge in [0, 0.05) is 17.0 Å². The second-order valence-electron chi connectivity index (χ2n) is 8.09. The van der Waals surface area contributed by atoms with Crippen LogP contribution in [-0.4, -0.2) is 19.5 Å². The Bertz CT molecular complexity index is 1590. The highest BCUT2D eigenvalue weighted by molar-refractivity contribution is 7.99. The lowest BCUT2D eigenvalue weighted by Crippen LogP contribution is -2.25. The third-order valence-electron chi connectivity index (χ3n) is 5.51. The summed E-state index contributed by atoms with van der Waals surface area (Å²) in [6.45, 7) is 5.90. The largest absolute Gasteiger partial charge is 0.309 e. The third kappa shape index (κ3) is 3.89. The first kappa shape index (κ1) is 21.6. The molecule has 0 bridgehead atoms. The number of thiophene rings is 1. The number of aromatic amines is 1. The number of benzene rings is 2. The summed E-state index contributed by atoms with van der Waals surface area (Å²) in [6.07, 6.45) is 0. The van der Waals surface area contributed by atoms with E-state index in [2.05, 4.69) is 4.98 Å². The summed E-state index contributed by atoms with van der Waals surface area (Å²) in [5.74, 6) is 0.566. The molecule has 3 aromatic heterocycles. The van der Waals surface area contributed by atoms with Crippen molar-refractivity contribution in [2.24, 2.45) is 0 Å². The van der Waals surface area contributed by atoms with Crippen molar-refractivity contribution in [3.05, 3.63) is 86.5 Å². The molecular weight excluding hydrogens is 452 g/mol. The van der Waals surface area contributed by atoms with E-state index in [0.717, 1.165) is 11.1 Å². The second kappa shape index (κ2) is 8.61. The number of nitrogens with one attached hydrogen (secondary N) is 1. The van der Waals surface area contributed by atoms with E-state index in [1.807, 2.05) is 74.7 Å². The van der Waals surface area contributed by atoms with Gasteiger partial charge in [0.2, 0.25) is 0 Å². The summed E-state index contributed by atoms with van der Waals surface area (Å²) < 4.78 is 1.71. The molecule has 1 unspecified atom stereocenters. The van der Waals surface area contributed by atoms with Crippen LogP contribution in [0.4, 0.5) is 0 Å². The fraction of sp³-hybridized carbons (Fsp3) is 0.200. The Morgan fingerprint density at radius 1 is 0.970 bits per heavy atom. The molecule has 0 aliphatic carbocycles. The third-order valence-corrected chi connectivity index (χ3v) is 7.45. The lowest BCUT2D eigenvalue weighted by molar-refractivity contribution is 0.518. The van der Waals surface area contributed by atoms with Crippen molar-refractivity contribution < 1.29 is 0 Å². The van der Waals surface area contributed by atoms with E-state index < -0.39 is 0 Å². The molecule has 3 heterocycles. The fourth-order valence-corrected chi connectivity index (χ4v) is 5.92. The lowest BCUT2D eigenvalue weighted by Gasteiger charge is -2.18. The van der Waals surface area contributed by atoms with Crippen LogP contribution in [0.15, 0.2) is 74.7 Å². The Labute approximate surface area is 198 Å². The molecule has 0 aliphatic heterocycles. The van der Waals surface area contributed by atoms with Gasteiger partial charge < -0.3 is 4.98 Å². The number of rotatable bonds is 5. The van der Waals surface area contributed by atoms with E-state index in [1.54, 1.807) is 10.6 Å². The minimum absolute atomic E-state index is 0.0514. The molecule has 166 valence electrons. The number of thioether (sulfide) groups is 1. The van der Waals surface area contributed by atoms with E-state index in [0.29, 0.717) is 32.1 Å². The van der Waals surface area contributed by atoms with Crippen molar-refractivity contribution >= 4 is 44.2 Å². The topological polar surface area (TPSA) is 80.6 Å². The van der Waals surface area contributed by atoms with Crippen molar-refractivity contribution in [2.45, 2.75) is 37.2 Å². The van der Waals surface area contributed by atoms with Gasteiger partial charge in [0.1, 0.15) is 10.7 Å². The molecule has 0 saturated carbocycles. The highest BCUT2D eigenvalue weighted by Gasteiger charge is 2.20. The summed E-state index contributed by atoms with van der Waals surface area (Å²) in [4.78, 5) is 39.4. The molecule has 5 rings (SSSR count). The zero-order chi connectivity index (χ0) is 23.1. The summed E-state index contributed by atoms with van der Waals surface area (Å²) >= 11 is 2.89. The molecule has 33 heavy (non-hydrogen) atoms. The van der Waals surface area contributed by atoms with Gasteiger partial charge in [-0.2, -0.15) is 0 Å². The highest BCUT2D eigenvalue weighted by atomic mass is 32.2. The quantitative estimate of drug-likeness (QED) is 0.257. The first-order valence-corrected chi connectivity index (χ1v) is 12.4. The van der Waals surface area contributed by atoms with Crippen molar-refractivity contribution in [1.82, 2.24) is 19.5 Å². The van der Waals surface area contributed by atoms with Gasteiger partial charge in [-0.1, -0.05) is 54.2 Å². The normalized spacial score (nSPS) is 12.6. The Morgan fingerprint density at radius 2 is 1.70 bits per heavy atom. The van der Waals surface area contributed by atoms with Gasteiger partial charge in [-0.25, -0.2) is 9.97 Å². The highest BCUT2D eigenvalue weighted by Crippen LogP contribution is 2.35. The van der Waals surface area contributed by atoms with Crippen LogP contribution in [0.2, 0.25) is 0 Å². The predicted octanol–water partition coefficient (Wildman–Crippen LogP) is 5.80. The lowest BCUT2D eigenvalue weighted by atomic mass is 10.1. The molecule has 0 fully saturated rings. The molecule has 0 aliphatic rings. The molecule has 0 spiro atoms. The van der Waals surface area contributed by atoms with Crippen LogP contribution < -0.4 is 11.1 Å². The molecule has 0 radical (unpaired) electrons. The molecule has 1 atom stereocenters. The monoisotopic (exact) mass is 474 g/mol. The summed E-state index contributed by atoms with van der Waals surface area (Å²) in [6, 6.07) is 17.2. The molecule has 5 aromatic rings. The molecule has 8 heteroatoms. The van der Waals surface area contributed by atoms with Gasteiger partial charge in [-0.3, -0.25) is 14.2 Å². The summed E-state index contributed by atoms with van der Waals surface area (Å²) in [5, 5.41) is 3.59. The van der Waals surface area contributed by atoms with E-state index in [1.165, 1.54) is 23.1 Å². The maximum atomic E-state index is 13.1. The molecular formula is C25H22N4O2S2. The number of aromatic nitrogens is 4. The van der Waals surface area contributed by atoms with Gasteiger partial charge in [0.05, 0.1) is 21.5 Å². The van der Waals surface area contributed by atoms with Gasteiger partial charge in [0.25, 0.3) is 11.1 Å². The zero-order valence-electron chi connectivity index (χ0n) is 18.4. The molecule has 0 saturated heterocycles. The molecule has 6 nitrogen and oxygen atoms in total. The van der Waals surface area contributed by atoms with Gasteiger partial charge in [-0.05, 0) is 38.5 Å². The maximum Gasteiger partial charge on any atom is 0.262 e. The Kier molecular flexibility index (Phi) is 5.64. The number of hydrogen-bond donors (Lipinski definition) is 1. The van der Waals surface area contributed by atoms with Crippen LogP contribution in [0.25, 0.3) is 32.2 Å². The van der Waals surface area contributed by atoms with Crippen LogP contribution in [0.5, 0.6) is 0 Å². The van der Waals surface area contributed by atoms with E-state index in [-0.39, 0.29) is 22.4 Å². The number of hydrogen-bond acceptors (Lipinski definition) is 6. The number of fused-ring (bicyclic) bond motifs is 2. The average molecular weight is 475 g/mol. The van der Waals surface area contributed by atoms with Crippen molar-refractivity contribution in [3.8, 4) is 11.1 Å². The van der Waals surface area contributed by atoms with E-state index >= 15 is 0 Å². The smallest absolute Gasteiger partial charge is 0.262 e. The number of nitrogens with zero attached hydrogens (tertiary/aromatic N) is 3. The van der Waals surface area contributed by atoms with Crippen LogP contribution in [0.1, 0.15) is 37.9 Å². The molecule has 2 aromatic carbocycles. The van der Waals surface area contributed by atoms with Gasteiger partial charge in [-0.15, -0.1) is 11.3 Å². The zero-order valence-corrected chi connectivity index (χ0v) is 20.0. The second-order valence-corrected chi connectivity index (χ2v) is 10.3. The minimum atomic E-state index is -0.206. The number of para-hydroxylation sites is 1. The van der Waals surface area contributed by atoms with Gasteiger partial charge in [0.15, 0.2) is 5.16 Å². The van der Waals surface area contributed by atoms with Gasteiger partial charge >= 0.3 is 0 Å². The Hall–Kier alpha value is -3.23. The maximum absolute atomic E-state index is 13.1. The SMILES string of the molecule is CC(Sc1nc2ccccc2c(=O)n1C(C)C)c1nc2scc(-c3ccccc3)c2c(=O)[nH]1. The first-order valence-electron chi connectivity index (χ1n) is 10.7. The van der Waals surface area contributed by atoms with Crippen LogP contribution >= 0.6 is 23.1 Å². The van der Waals surface area contributed by atoms with Crippen LogP contribution in [0, 0.1) is 0 Å². The Morgan fingerprint density at radius 3 is 2.45 bits per heavy atom. The van der Waals surface area contributed by atoms with Crippen molar-refractivity contribution in [2.75, 3.05) is 0 Å². The van der Waals surface area contributed by atoms with Crippen LogP contribution in [-0.2, 0) is 0 Å².